The van der Waals surface area contributed by atoms with Crippen molar-refractivity contribution in [2.24, 2.45) is 7.05 Å². The zero-order chi connectivity index (χ0) is 20.4. The van der Waals surface area contributed by atoms with E-state index < -0.39 is 11.8 Å². The van der Waals surface area contributed by atoms with Gasteiger partial charge in [-0.2, -0.15) is 9.78 Å². The smallest absolute Gasteiger partial charge is 0.350 e. The Labute approximate surface area is 164 Å². The molecule has 0 unspecified atom stereocenters. The number of nitrogens with zero attached hydrogens (tertiary/aromatic N) is 3. The number of carbonyl (C=O) groups excluding carboxylic acids is 1. The average molecular weight is 393 g/mol. The number of nitrogens with one attached hydrogen (secondary N) is 2. The molecule has 0 atom stereocenters. The van der Waals surface area contributed by atoms with Crippen LogP contribution in [0.2, 0.25) is 0 Å². The van der Waals surface area contributed by atoms with Gasteiger partial charge in [-0.3, -0.25) is 4.57 Å². The minimum atomic E-state index is -0.608. The second-order valence-corrected chi connectivity index (χ2v) is 6.23. The predicted molar refractivity (Wildman–Crippen MR) is 106 cm³/mol. The number of urea groups is 1. The number of benzene rings is 2. The molecule has 9 heteroatoms. The molecular weight excluding hydrogens is 377 g/mol. The molecule has 0 saturated carbocycles. The van der Waals surface area contributed by atoms with E-state index in [1.165, 1.54) is 34.0 Å². The molecule has 0 radical (unpaired) electrons. The number of aromatic nitrogens is 3. The molecule has 0 saturated heterocycles. The van der Waals surface area contributed by atoms with Crippen molar-refractivity contribution in [2.45, 2.75) is 0 Å². The molecule has 8 nitrogen and oxygen atoms in total. The summed E-state index contributed by atoms with van der Waals surface area (Å²) in [5.74, 6) is -0.00542. The lowest BCUT2D eigenvalue weighted by molar-refractivity contribution is 0.262. The predicted octanol–water partition coefficient (Wildman–Crippen LogP) is 3.61. The quantitative estimate of drug-likeness (QED) is 0.554. The first-order valence-electron chi connectivity index (χ1n) is 8.64. The third kappa shape index (κ3) is 3.79. The maximum absolute atomic E-state index is 14.1. The van der Waals surface area contributed by atoms with E-state index in [-0.39, 0.29) is 11.4 Å². The Morgan fingerprint density at radius 3 is 2.55 bits per heavy atom. The highest BCUT2D eigenvalue weighted by atomic mass is 19.1. The van der Waals surface area contributed by atoms with E-state index in [1.54, 1.807) is 49.5 Å². The minimum Gasteiger partial charge on any atom is -0.464 e. The number of hydrogen-bond acceptors (Lipinski definition) is 4. The van der Waals surface area contributed by atoms with E-state index >= 15 is 0 Å². The van der Waals surface area contributed by atoms with Gasteiger partial charge in [0.05, 0.1) is 17.6 Å². The topological polar surface area (TPSA) is 94.1 Å². The maximum Gasteiger partial charge on any atom is 0.350 e. The molecule has 0 bridgehead atoms. The van der Waals surface area contributed by atoms with Crippen LogP contribution in [0.5, 0.6) is 0 Å². The third-order valence-electron chi connectivity index (χ3n) is 4.21. The van der Waals surface area contributed by atoms with Crippen molar-refractivity contribution in [3.05, 3.63) is 83.5 Å². The Morgan fingerprint density at radius 1 is 1.10 bits per heavy atom. The van der Waals surface area contributed by atoms with Gasteiger partial charge in [0.2, 0.25) is 0 Å². The van der Waals surface area contributed by atoms with Gasteiger partial charge < -0.3 is 15.1 Å². The van der Waals surface area contributed by atoms with Gasteiger partial charge >= 0.3 is 11.7 Å². The summed E-state index contributed by atoms with van der Waals surface area (Å²) >= 11 is 0. The maximum atomic E-state index is 14.1. The van der Waals surface area contributed by atoms with Gasteiger partial charge in [0.15, 0.2) is 0 Å². The Kier molecular flexibility index (Phi) is 4.70. The first-order chi connectivity index (χ1) is 14.0. The van der Waals surface area contributed by atoms with Crippen LogP contribution in [0.4, 0.5) is 20.6 Å². The van der Waals surface area contributed by atoms with Crippen LogP contribution in [0, 0.1) is 5.82 Å². The fourth-order valence-corrected chi connectivity index (χ4v) is 2.74. The van der Waals surface area contributed by atoms with Gasteiger partial charge in [-0.05, 0) is 54.6 Å². The Morgan fingerprint density at radius 2 is 1.90 bits per heavy atom. The molecule has 0 aliphatic carbocycles. The molecular formula is C20H16FN5O3. The van der Waals surface area contributed by atoms with E-state index in [1.807, 2.05) is 0 Å². The standard InChI is InChI=1S/C20H16FN5O3/c1-25-12-22-26(20(25)28)15-7-5-14(6-8-15)23-19(27)24-17-11-13(4-9-16(17)21)18-3-2-10-29-18/h2-12H,1H3,(H2,23,24,27). The molecule has 2 N–H and O–H groups in total. The minimum absolute atomic E-state index is 0.0213. The molecule has 2 amide bonds. The number of furan rings is 1. The lowest BCUT2D eigenvalue weighted by atomic mass is 10.1. The SMILES string of the molecule is Cn1cnn(-c2ccc(NC(=O)Nc3cc(-c4ccco4)ccc3F)cc2)c1=O. The summed E-state index contributed by atoms with van der Waals surface area (Å²) < 4.78 is 22.0. The number of hydrogen-bond donors (Lipinski definition) is 2. The second kappa shape index (κ2) is 7.47. The third-order valence-corrected chi connectivity index (χ3v) is 4.21. The van der Waals surface area contributed by atoms with Crippen molar-refractivity contribution >= 4 is 17.4 Å². The summed E-state index contributed by atoms with van der Waals surface area (Å²) in [4.78, 5) is 24.2. The lowest BCUT2D eigenvalue weighted by Crippen LogP contribution is -2.22. The van der Waals surface area contributed by atoms with Crippen LogP contribution in [-0.4, -0.2) is 20.4 Å². The first kappa shape index (κ1) is 18.2. The summed E-state index contributed by atoms with van der Waals surface area (Å²) in [7, 11) is 1.60. The van der Waals surface area contributed by atoms with Gasteiger partial charge in [0.1, 0.15) is 17.9 Å². The first-order valence-corrected chi connectivity index (χ1v) is 8.64. The molecule has 4 rings (SSSR count). The zero-order valence-corrected chi connectivity index (χ0v) is 15.3. The largest absolute Gasteiger partial charge is 0.464 e. The molecule has 0 aliphatic heterocycles. The van der Waals surface area contributed by atoms with E-state index in [4.69, 9.17) is 4.42 Å². The number of rotatable bonds is 4. The van der Waals surface area contributed by atoms with Crippen LogP contribution >= 0.6 is 0 Å². The normalized spacial score (nSPS) is 10.7. The van der Waals surface area contributed by atoms with Gasteiger partial charge in [-0.1, -0.05) is 0 Å². The Balaban J connectivity index is 1.47. The van der Waals surface area contributed by atoms with Gasteiger partial charge in [0.25, 0.3) is 0 Å². The second-order valence-electron chi connectivity index (χ2n) is 6.23. The summed E-state index contributed by atoms with van der Waals surface area (Å²) in [6.45, 7) is 0. The molecule has 0 aliphatic rings. The van der Waals surface area contributed by atoms with Crippen molar-refractivity contribution in [1.29, 1.82) is 0 Å². The highest BCUT2D eigenvalue weighted by Gasteiger charge is 2.11. The average Bonchev–Trinajstić information content (AvgIpc) is 3.35. The van der Waals surface area contributed by atoms with Crippen LogP contribution in [0.15, 0.2) is 76.4 Å². The van der Waals surface area contributed by atoms with Crippen molar-refractivity contribution in [2.75, 3.05) is 10.6 Å². The highest BCUT2D eigenvalue weighted by Crippen LogP contribution is 2.25. The molecule has 146 valence electrons. The molecule has 2 heterocycles. The summed E-state index contributed by atoms with van der Waals surface area (Å²) in [6.07, 6.45) is 2.93. The van der Waals surface area contributed by atoms with Crippen LogP contribution in [0.1, 0.15) is 0 Å². The van der Waals surface area contributed by atoms with E-state index in [9.17, 15) is 14.0 Å². The number of carbonyl (C=O) groups is 1. The molecule has 29 heavy (non-hydrogen) atoms. The zero-order valence-electron chi connectivity index (χ0n) is 15.3. The molecule has 0 spiro atoms. The molecule has 2 aromatic heterocycles. The van der Waals surface area contributed by atoms with Crippen molar-refractivity contribution in [3.63, 3.8) is 0 Å². The van der Waals surface area contributed by atoms with Crippen LogP contribution in [-0.2, 0) is 7.05 Å². The van der Waals surface area contributed by atoms with Gasteiger partial charge in [0, 0.05) is 18.3 Å². The van der Waals surface area contributed by atoms with Crippen LogP contribution in [0.25, 0.3) is 17.0 Å². The Bertz CT molecular complexity index is 1210. The number of aryl methyl sites for hydroxylation is 1. The van der Waals surface area contributed by atoms with Gasteiger partial charge in [-0.25, -0.2) is 14.0 Å². The van der Waals surface area contributed by atoms with E-state index in [2.05, 4.69) is 15.7 Å². The van der Waals surface area contributed by atoms with Crippen molar-refractivity contribution in [3.8, 4) is 17.0 Å². The lowest BCUT2D eigenvalue weighted by Gasteiger charge is -2.10. The fourth-order valence-electron chi connectivity index (χ4n) is 2.74. The molecule has 2 aromatic carbocycles. The number of halogens is 1. The summed E-state index contributed by atoms with van der Waals surface area (Å²) in [5, 5.41) is 9.09. The molecule has 0 fully saturated rings. The van der Waals surface area contributed by atoms with E-state index in [0.29, 0.717) is 22.7 Å². The fraction of sp³-hybridized carbons (Fsp3) is 0.0500. The number of amides is 2. The highest BCUT2D eigenvalue weighted by molar-refractivity contribution is 6.00. The van der Waals surface area contributed by atoms with Crippen molar-refractivity contribution in [1.82, 2.24) is 14.3 Å². The summed E-state index contributed by atoms with van der Waals surface area (Å²) in [5.41, 5.74) is 1.40. The van der Waals surface area contributed by atoms with Crippen LogP contribution < -0.4 is 16.3 Å². The Hall–Kier alpha value is -4.14. The van der Waals surface area contributed by atoms with Gasteiger partial charge in [-0.15, -0.1) is 0 Å². The molecule has 4 aromatic rings. The van der Waals surface area contributed by atoms with Crippen molar-refractivity contribution < 1.29 is 13.6 Å². The summed E-state index contributed by atoms with van der Waals surface area (Å²) in [6, 6.07) is 13.7. The monoisotopic (exact) mass is 393 g/mol. The number of anilines is 2. The van der Waals surface area contributed by atoms with E-state index in [0.717, 1.165) is 0 Å². The van der Waals surface area contributed by atoms with Crippen LogP contribution in [0.3, 0.4) is 0 Å².